The van der Waals surface area contributed by atoms with Crippen molar-refractivity contribution in [3.8, 4) is 0 Å². The summed E-state index contributed by atoms with van der Waals surface area (Å²) < 4.78 is 31.7. The second kappa shape index (κ2) is 5.75. The van der Waals surface area contributed by atoms with Gasteiger partial charge in [-0.2, -0.15) is 0 Å². The van der Waals surface area contributed by atoms with Crippen LogP contribution in [0.3, 0.4) is 0 Å². The van der Waals surface area contributed by atoms with E-state index in [4.69, 9.17) is 4.74 Å². The smallest absolute Gasteiger partial charge is 0.340 e. The number of alkyl halides is 2. The Kier molecular flexibility index (Phi) is 4.58. The Balaban J connectivity index is 3.49. The van der Waals surface area contributed by atoms with Gasteiger partial charge < -0.3 is 9.30 Å². The molecule has 1 heterocycles. The fourth-order valence-corrected chi connectivity index (χ4v) is 1.71. The largest absolute Gasteiger partial charge is 0.462 e. The highest BCUT2D eigenvalue weighted by Gasteiger charge is 2.25. The van der Waals surface area contributed by atoms with Crippen molar-refractivity contribution in [1.29, 1.82) is 0 Å². The molecule has 100 valence electrons. The number of esters is 1. The first kappa shape index (κ1) is 14.3. The molecule has 0 N–H and O–H groups in total. The summed E-state index contributed by atoms with van der Waals surface area (Å²) in [6.07, 6.45) is -2.92. The van der Waals surface area contributed by atoms with Gasteiger partial charge in [0.25, 0.3) is 12.0 Å². The van der Waals surface area contributed by atoms with Gasteiger partial charge in [-0.05, 0) is 26.8 Å². The van der Waals surface area contributed by atoms with Crippen molar-refractivity contribution < 1.29 is 18.3 Å². The van der Waals surface area contributed by atoms with Crippen molar-refractivity contribution in [2.75, 3.05) is 6.61 Å². The number of carbonyl (C=O) groups is 1. The molecule has 0 saturated heterocycles. The molecule has 0 aliphatic rings. The highest BCUT2D eigenvalue weighted by Crippen LogP contribution is 2.24. The van der Waals surface area contributed by atoms with Crippen LogP contribution in [0.15, 0.2) is 16.9 Å². The average molecular weight is 259 g/mol. The quantitative estimate of drug-likeness (QED) is 0.781. The van der Waals surface area contributed by atoms with Crippen LogP contribution in [0.25, 0.3) is 0 Å². The average Bonchev–Trinajstić information content (AvgIpc) is 2.27. The third-order valence-corrected chi connectivity index (χ3v) is 2.38. The first-order valence-electron chi connectivity index (χ1n) is 5.60. The van der Waals surface area contributed by atoms with Gasteiger partial charge in [-0.1, -0.05) is 0 Å². The number of rotatable bonds is 4. The van der Waals surface area contributed by atoms with E-state index >= 15 is 0 Å². The molecule has 1 aromatic rings. The van der Waals surface area contributed by atoms with E-state index in [2.05, 4.69) is 0 Å². The van der Waals surface area contributed by atoms with E-state index in [-0.39, 0.29) is 12.2 Å². The van der Waals surface area contributed by atoms with E-state index in [1.807, 2.05) is 0 Å². The molecule has 4 nitrogen and oxygen atoms in total. The van der Waals surface area contributed by atoms with Crippen LogP contribution < -0.4 is 5.56 Å². The van der Waals surface area contributed by atoms with Gasteiger partial charge in [-0.3, -0.25) is 4.79 Å². The fourth-order valence-electron chi connectivity index (χ4n) is 1.71. The van der Waals surface area contributed by atoms with Crippen LogP contribution in [0.4, 0.5) is 8.78 Å². The van der Waals surface area contributed by atoms with E-state index < -0.39 is 29.7 Å². The number of halogens is 2. The van der Waals surface area contributed by atoms with Gasteiger partial charge in [0, 0.05) is 12.1 Å². The molecule has 0 bridgehead atoms. The summed E-state index contributed by atoms with van der Waals surface area (Å²) in [5.74, 6) is -0.845. The standard InChI is InChI=1S/C12H15F2NO3/c1-4-18-12(17)8-5-6-9(16)15(7(2)3)10(8)11(13)14/h5-7,11H,4H2,1-3H3. The predicted octanol–water partition coefficient (Wildman–Crippen LogP) is 2.54. The van der Waals surface area contributed by atoms with E-state index in [0.717, 1.165) is 16.7 Å². The molecule has 1 rings (SSSR count). The van der Waals surface area contributed by atoms with Gasteiger partial charge in [-0.15, -0.1) is 0 Å². The second-order valence-corrected chi connectivity index (χ2v) is 3.96. The summed E-state index contributed by atoms with van der Waals surface area (Å²) in [5, 5.41) is 0. The molecule has 0 aromatic carbocycles. The maximum Gasteiger partial charge on any atom is 0.340 e. The van der Waals surface area contributed by atoms with Crippen molar-refractivity contribution in [1.82, 2.24) is 4.57 Å². The molecule has 0 atom stereocenters. The summed E-state index contributed by atoms with van der Waals surface area (Å²) >= 11 is 0. The van der Waals surface area contributed by atoms with E-state index in [0.29, 0.717) is 0 Å². The molecule has 18 heavy (non-hydrogen) atoms. The Bertz CT molecular complexity index is 495. The van der Waals surface area contributed by atoms with Gasteiger partial charge in [0.1, 0.15) is 5.69 Å². The molecule has 0 unspecified atom stereocenters. The number of hydrogen-bond donors (Lipinski definition) is 0. The summed E-state index contributed by atoms with van der Waals surface area (Å²) in [4.78, 5) is 23.2. The Morgan fingerprint density at radius 2 is 2.00 bits per heavy atom. The summed E-state index contributed by atoms with van der Waals surface area (Å²) in [6, 6.07) is 1.72. The zero-order chi connectivity index (χ0) is 13.9. The lowest BCUT2D eigenvalue weighted by Gasteiger charge is -2.18. The number of pyridine rings is 1. The van der Waals surface area contributed by atoms with Crippen molar-refractivity contribution in [3.63, 3.8) is 0 Å². The van der Waals surface area contributed by atoms with Crippen molar-refractivity contribution in [3.05, 3.63) is 33.7 Å². The summed E-state index contributed by atoms with van der Waals surface area (Å²) in [5.41, 5.74) is -1.41. The molecule has 0 fully saturated rings. The number of ether oxygens (including phenoxy) is 1. The van der Waals surface area contributed by atoms with Gasteiger partial charge in [0.15, 0.2) is 0 Å². The molecular weight excluding hydrogens is 244 g/mol. The Labute approximate surface area is 103 Å². The fraction of sp³-hybridized carbons (Fsp3) is 0.500. The molecular formula is C12H15F2NO3. The molecule has 0 radical (unpaired) electrons. The maximum atomic E-state index is 13.1. The van der Waals surface area contributed by atoms with Gasteiger partial charge in [0.05, 0.1) is 12.2 Å². The highest BCUT2D eigenvalue weighted by atomic mass is 19.3. The van der Waals surface area contributed by atoms with E-state index in [1.165, 1.54) is 0 Å². The molecule has 1 aromatic heterocycles. The predicted molar refractivity (Wildman–Crippen MR) is 62.0 cm³/mol. The van der Waals surface area contributed by atoms with Crippen LogP contribution in [0.2, 0.25) is 0 Å². The topological polar surface area (TPSA) is 48.3 Å². The molecule has 6 heteroatoms. The molecule has 0 aliphatic carbocycles. The van der Waals surface area contributed by atoms with E-state index in [9.17, 15) is 18.4 Å². The zero-order valence-electron chi connectivity index (χ0n) is 10.4. The Morgan fingerprint density at radius 3 is 2.44 bits per heavy atom. The minimum absolute atomic E-state index is 0.0856. The van der Waals surface area contributed by atoms with Crippen molar-refractivity contribution >= 4 is 5.97 Å². The van der Waals surface area contributed by atoms with Crippen molar-refractivity contribution in [2.24, 2.45) is 0 Å². The van der Waals surface area contributed by atoms with Crippen LogP contribution in [0.5, 0.6) is 0 Å². The number of carbonyl (C=O) groups excluding carboxylic acids is 1. The summed E-state index contributed by atoms with van der Waals surface area (Å²) in [7, 11) is 0. The normalized spacial score (nSPS) is 11.1. The van der Waals surface area contributed by atoms with Crippen LogP contribution in [-0.4, -0.2) is 17.1 Å². The highest BCUT2D eigenvalue weighted by molar-refractivity contribution is 5.90. The zero-order valence-corrected chi connectivity index (χ0v) is 10.4. The Morgan fingerprint density at radius 1 is 1.39 bits per heavy atom. The van der Waals surface area contributed by atoms with Crippen LogP contribution in [0.1, 0.15) is 49.3 Å². The van der Waals surface area contributed by atoms with Gasteiger partial charge in [-0.25, -0.2) is 13.6 Å². The Hall–Kier alpha value is -1.72. The summed E-state index contributed by atoms with van der Waals surface area (Å²) in [6.45, 7) is 4.87. The van der Waals surface area contributed by atoms with Crippen LogP contribution >= 0.6 is 0 Å². The SMILES string of the molecule is CCOC(=O)c1ccc(=O)n(C(C)C)c1C(F)F. The lowest BCUT2D eigenvalue weighted by Crippen LogP contribution is -2.28. The van der Waals surface area contributed by atoms with Crippen LogP contribution in [-0.2, 0) is 4.74 Å². The van der Waals surface area contributed by atoms with E-state index in [1.54, 1.807) is 20.8 Å². The molecule has 0 spiro atoms. The number of aromatic nitrogens is 1. The first-order valence-corrected chi connectivity index (χ1v) is 5.60. The first-order chi connectivity index (χ1) is 8.40. The number of hydrogen-bond acceptors (Lipinski definition) is 3. The third-order valence-electron chi connectivity index (χ3n) is 2.38. The molecule has 0 amide bonds. The van der Waals surface area contributed by atoms with Crippen LogP contribution in [0, 0.1) is 0 Å². The lowest BCUT2D eigenvalue weighted by molar-refractivity contribution is 0.0510. The van der Waals surface area contributed by atoms with Gasteiger partial charge in [0.2, 0.25) is 0 Å². The van der Waals surface area contributed by atoms with Gasteiger partial charge >= 0.3 is 5.97 Å². The molecule has 0 saturated carbocycles. The second-order valence-electron chi connectivity index (χ2n) is 3.96. The minimum Gasteiger partial charge on any atom is -0.462 e. The maximum absolute atomic E-state index is 13.1. The van der Waals surface area contributed by atoms with Crippen molar-refractivity contribution in [2.45, 2.75) is 33.2 Å². The monoisotopic (exact) mass is 259 g/mol. The minimum atomic E-state index is -2.92. The number of nitrogens with zero attached hydrogens (tertiary/aromatic N) is 1. The lowest BCUT2D eigenvalue weighted by atomic mass is 10.1. The molecule has 0 aliphatic heterocycles. The third kappa shape index (κ3) is 2.75.